The minimum absolute atomic E-state index is 0.216. The highest BCUT2D eigenvalue weighted by Crippen LogP contribution is 2.18. The SMILES string of the molecule is CCC(=O)CCCOc1cc(C)ccc1F. The summed E-state index contributed by atoms with van der Waals surface area (Å²) < 4.78 is 18.5. The van der Waals surface area contributed by atoms with Crippen LogP contribution in [0.25, 0.3) is 0 Å². The van der Waals surface area contributed by atoms with Crippen LogP contribution in [0.1, 0.15) is 31.7 Å². The third-order valence-electron chi connectivity index (χ3n) is 2.34. The second-order valence-corrected chi connectivity index (χ2v) is 3.78. The van der Waals surface area contributed by atoms with E-state index in [4.69, 9.17) is 4.74 Å². The molecule has 1 aromatic carbocycles. The summed E-state index contributed by atoms with van der Waals surface area (Å²) in [4.78, 5) is 11.0. The molecule has 0 aromatic heterocycles. The van der Waals surface area contributed by atoms with Gasteiger partial charge in [-0.15, -0.1) is 0 Å². The fourth-order valence-electron chi connectivity index (χ4n) is 1.35. The van der Waals surface area contributed by atoms with E-state index >= 15 is 0 Å². The Bertz CT molecular complexity index is 361. The average molecular weight is 224 g/mol. The van der Waals surface area contributed by atoms with Gasteiger partial charge in [-0.05, 0) is 31.0 Å². The molecule has 88 valence electrons. The minimum Gasteiger partial charge on any atom is -0.490 e. The molecule has 0 radical (unpaired) electrons. The van der Waals surface area contributed by atoms with Gasteiger partial charge in [-0.2, -0.15) is 0 Å². The van der Waals surface area contributed by atoms with Gasteiger partial charge in [0, 0.05) is 12.8 Å². The number of ketones is 1. The van der Waals surface area contributed by atoms with Crippen LogP contribution >= 0.6 is 0 Å². The summed E-state index contributed by atoms with van der Waals surface area (Å²) in [5.41, 5.74) is 0.959. The minimum atomic E-state index is -0.354. The molecule has 16 heavy (non-hydrogen) atoms. The topological polar surface area (TPSA) is 26.3 Å². The number of Topliss-reactive ketones (excluding diaryl/α,β-unsaturated/α-hetero) is 1. The van der Waals surface area contributed by atoms with E-state index < -0.39 is 0 Å². The Hall–Kier alpha value is -1.38. The van der Waals surface area contributed by atoms with Crippen molar-refractivity contribution >= 4 is 5.78 Å². The first-order valence-electron chi connectivity index (χ1n) is 5.54. The molecule has 1 rings (SSSR count). The Labute approximate surface area is 95.4 Å². The van der Waals surface area contributed by atoms with Gasteiger partial charge in [-0.1, -0.05) is 13.0 Å². The number of hydrogen-bond donors (Lipinski definition) is 0. The fraction of sp³-hybridized carbons (Fsp3) is 0.462. The molecule has 0 aliphatic rings. The maximum atomic E-state index is 13.2. The van der Waals surface area contributed by atoms with Crippen molar-refractivity contribution in [2.24, 2.45) is 0 Å². The Morgan fingerprint density at radius 2 is 2.19 bits per heavy atom. The van der Waals surface area contributed by atoms with Gasteiger partial charge < -0.3 is 4.74 Å². The van der Waals surface area contributed by atoms with Crippen LogP contribution in [0, 0.1) is 12.7 Å². The highest BCUT2D eigenvalue weighted by atomic mass is 19.1. The van der Waals surface area contributed by atoms with Crippen molar-refractivity contribution in [1.29, 1.82) is 0 Å². The van der Waals surface area contributed by atoms with E-state index in [9.17, 15) is 9.18 Å². The number of benzene rings is 1. The molecular weight excluding hydrogens is 207 g/mol. The summed E-state index contributed by atoms with van der Waals surface area (Å²) in [6.45, 7) is 4.10. The molecule has 0 atom stereocenters. The first kappa shape index (κ1) is 12.7. The number of hydrogen-bond acceptors (Lipinski definition) is 2. The van der Waals surface area contributed by atoms with Gasteiger partial charge in [0.05, 0.1) is 6.61 Å². The molecule has 0 N–H and O–H groups in total. The lowest BCUT2D eigenvalue weighted by Crippen LogP contribution is -2.03. The normalized spacial score (nSPS) is 10.2. The summed E-state index contributed by atoms with van der Waals surface area (Å²) in [5, 5.41) is 0. The van der Waals surface area contributed by atoms with Gasteiger partial charge in [-0.25, -0.2) is 4.39 Å². The van der Waals surface area contributed by atoms with Crippen LogP contribution in [0.15, 0.2) is 18.2 Å². The molecule has 0 saturated carbocycles. The standard InChI is InChI=1S/C13H17FO2/c1-3-11(15)5-4-8-16-13-9-10(2)6-7-12(13)14/h6-7,9H,3-5,8H2,1-2H3. The number of rotatable bonds is 6. The van der Waals surface area contributed by atoms with Gasteiger partial charge in [0.15, 0.2) is 11.6 Å². The van der Waals surface area contributed by atoms with Crippen molar-refractivity contribution in [2.75, 3.05) is 6.61 Å². The third kappa shape index (κ3) is 4.01. The number of carbonyl (C=O) groups is 1. The van der Waals surface area contributed by atoms with Crippen molar-refractivity contribution in [3.05, 3.63) is 29.6 Å². The molecular formula is C13H17FO2. The maximum Gasteiger partial charge on any atom is 0.165 e. The van der Waals surface area contributed by atoms with Gasteiger partial charge in [0.25, 0.3) is 0 Å². The Balaban J connectivity index is 2.37. The lowest BCUT2D eigenvalue weighted by molar-refractivity contribution is -0.118. The molecule has 0 bridgehead atoms. The van der Waals surface area contributed by atoms with Crippen molar-refractivity contribution < 1.29 is 13.9 Å². The molecule has 0 aliphatic carbocycles. The van der Waals surface area contributed by atoms with E-state index in [0.29, 0.717) is 25.9 Å². The summed E-state index contributed by atoms with van der Waals surface area (Å²) >= 11 is 0. The zero-order valence-electron chi connectivity index (χ0n) is 9.75. The van der Waals surface area contributed by atoms with Crippen LogP contribution in [0.4, 0.5) is 4.39 Å². The highest BCUT2D eigenvalue weighted by Gasteiger charge is 2.03. The Morgan fingerprint density at radius 3 is 2.88 bits per heavy atom. The second-order valence-electron chi connectivity index (χ2n) is 3.78. The number of aryl methyl sites for hydroxylation is 1. The quantitative estimate of drug-likeness (QED) is 0.693. The molecule has 0 fully saturated rings. The van der Waals surface area contributed by atoms with E-state index in [1.807, 2.05) is 13.8 Å². The number of halogens is 1. The molecule has 0 saturated heterocycles. The van der Waals surface area contributed by atoms with Crippen LogP contribution in [-0.4, -0.2) is 12.4 Å². The van der Waals surface area contributed by atoms with Crippen LogP contribution < -0.4 is 4.74 Å². The lowest BCUT2D eigenvalue weighted by atomic mass is 10.2. The molecule has 0 spiro atoms. The van der Waals surface area contributed by atoms with Crippen LogP contribution in [0.2, 0.25) is 0 Å². The first-order chi connectivity index (χ1) is 7.63. The molecule has 0 heterocycles. The summed E-state index contributed by atoms with van der Waals surface area (Å²) in [6, 6.07) is 4.75. The van der Waals surface area contributed by atoms with Gasteiger partial charge in [0.2, 0.25) is 0 Å². The average Bonchev–Trinajstić information content (AvgIpc) is 2.28. The predicted molar refractivity (Wildman–Crippen MR) is 61.2 cm³/mol. The summed E-state index contributed by atoms with van der Waals surface area (Å²) in [6.07, 6.45) is 1.70. The largest absolute Gasteiger partial charge is 0.490 e. The monoisotopic (exact) mass is 224 g/mol. The zero-order chi connectivity index (χ0) is 12.0. The third-order valence-corrected chi connectivity index (χ3v) is 2.34. The summed E-state index contributed by atoms with van der Waals surface area (Å²) in [5.74, 6) is 0.129. The Morgan fingerprint density at radius 1 is 1.44 bits per heavy atom. The molecule has 0 amide bonds. The second kappa shape index (κ2) is 6.26. The molecule has 0 aliphatic heterocycles. The molecule has 3 heteroatoms. The van der Waals surface area contributed by atoms with Crippen molar-refractivity contribution in [2.45, 2.75) is 33.1 Å². The van der Waals surface area contributed by atoms with Gasteiger partial charge in [-0.3, -0.25) is 4.79 Å². The van der Waals surface area contributed by atoms with E-state index in [1.54, 1.807) is 12.1 Å². The number of carbonyl (C=O) groups excluding carboxylic acids is 1. The van der Waals surface area contributed by atoms with Crippen molar-refractivity contribution in [3.63, 3.8) is 0 Å². The smallest absolute Gasteiger partial charge is 0.165 e. The van der Waals surface area contributed by atoms with Gasteiger partial charge in [0.1, 0.15) is 5.78 Å². The highest BCUT2D eigenvalue weighted by molar-refractivity contribution is 5.77. The summed E-state index contributed by atoms with van der Waals surface area (Å²) in [7, 11) is 0. The van der Waals surface area contributed by atoms with E-state index in [-0.39, 0.29) is 17.3 Å². The molecule has 0 unspecified atom stereocenters. The maximum absolute atomic E-state index is 13.2. The van der Waals surface area contributed by atoms with E-state index in [0.717, 1.165) is 5.56 Å². The zero-order valence-corrected chi connectivity index (χ0v) is 9.75. The van der Waals surface area contributed by atoms with Crippen molar-refractivity contribution in [1.82, 2.24) is 0 Å². The molecule has 1 aromatic rings. The molecule has 2 nitrogen and oxygen atoms in total. The van der Waals surface area contributed by atoms with Crippen LogP contribution in [0.3, 0.4) is 0 Å². The van der Waals surface area contributed by atoms with Crippen LogP contribution in [-0.2, 0) is 4.79 Å². The number of ether oxygens (including phenoxy) is 1. The van der Waals surface area contributed by atoms with Gasteiger partial charge >= 0.3 is 0 Å². The van der Waals surface area contributed by atoms with E-state index in [1.165, 1.54) is 6.07 Å². The Kier molecular flexibility index (Phi) is 4.96. The van der Waals surface area contributed by atoms with E-state index in [2.05, 4.69) is 0 Å². The lowest BCUT2D eigenvalue weighted by Gasteiger charge is -2.07. The van der Waals surface area contributed by atoms with Crippen LogP contribution in [0.5, 0.6) is 5.75 Å². The predicted octanol–water partition coefficient (Wildman–Crippen LogP) is 3.27. The first-order valence-corrected chi connectivity index (χ1v) is 5.54. The van der Waals surface area contributed by atoms with Crippen molar-refractivity contribution in [3.8, 4) is 5.75 Å². The fourth-order valence-corrected chi connectivity index (χ4v) is 1.35.